The van der Waals surface area contributed by atoms with Crippen molar-refractivity contribution >= 4 is 22.8 Å². The van der Waals surface area contributed by atoms with E-state index in [2.05, 4.69) is 37.1 Å². The summed E-state index contributed by atoms with van der Waals surface area (Å²) in [5.74, 6) is 1.06. The first-order valence-electron chi connectivity index (χ1n) is 5.95. The summed E-state index contributed by atoms with van der Waals surface area (Å²) in [6, 6.07) is 0.422. The van der Waals surface area contributed by atoms with Crippen molar-refractivity contribution in [3.63, 3.8) is 0 Å². The average molecular weight is 245 g/mol. The number of hydrogen-bond donors (Lipinski definition) is 2. The van der Waals surface area contributed by atoms with Crippen molar-refractivity contribution < 1.29 is 0 Å². The van der Waals surface area contributed by atoms with Gasteiger partial charge in [-0.05, 0) is 6.92 Å². The quantitative estimate of drug-likeness (QED) is 0.718. The Morgan fingerprint density at radius 3 is 3.17 bits per heavy atom. The Kier molecular flexibility index (Phi) is 2.67. The number of nitrogens with one attached hydrogen (secondary N) is 1. The zero-order chi connectivity index (χ0) is 12.5. The van der Waals surface area contributed by atoms with Crippen molar-refractivity contribution in [1.29, 1.82) is 0 Å². The fourth-order valence-corrected chi connectivity index (χ4v) is 2.15. The second-order valence-electron chi connectivity index (χ2n) is 4.47. The fraction of sp³-hybridized carbons (Fsp3) is 0.455. The van der Waals surface area contributed by atoms with E-state index < -0.39 is 0 Å². The van der Waals surface area contributed by atoms with Gasteiger partial charge in [0.1, 0.15) is 17.4 Å². The van der Waals surface area contributed by atoms with Crippen LogP contribution in [0.15, 0.2) is 12.5 Å². The van der Waals surface area contributed by atoms with Crippen molar-refractivity contribution in [3.05, 3.63) is 12.5 Å². The summed E-state index contributed by atoms with van der Waals surface area (Å²) in [4.78, 5) is 19.0. The van der Waals surface area contributed by atoms with Gasteiger partial charge in [-0.15, -0.1) is 0 Å². The number of nitrogens with zero attached hydrogens (tertiary/aromatic N) is 5. The van der Waals surface area contributed by atoms with Crippen molar-refractivity contribution in [2.24, 2.45) is 0 Å². The Hall–Kier alpha value is -2.02. The second-order valence-corrected chi connectivity index (χ2v) is 4.47. The Labute approximate surface area is 104 Å². The topological polar surface area (TPSA) is 92.9 Å². The number of hydrogen-bond acceptors (Lipinski definition) is 7. The van der Waals surface area contributed by atoms with Crippen LogP contribution < -0.4 is 16.0 Å². The van der Waals surface area contributed by atoms with E-state index in [1.807, 2.05) is 0 Å². The van der Waals surface area contributed by atoms with Crippen LogP contribution in [0.25, 0.3) is 11.0 Å². The summed E-state index contributed by atoms with van der Waals surface area (Å²) >= 11 is 0. The van der Waals surface area contributed by atoms with Gasteiger partial charge in [-0.3, -0.25) is 0 Å². The van der Waals surface area contributed by atoms with Gasteiger partial charge in [-0.25, -0.2) is 15.0 Å². The molecule has 0 bridgehead atoms. The molecular formula is C11H15N7. The maximum atomic E-state index is 5.91. The third-order valence-corrected chi connectivity index (χ3v) is 3.03. The highest BCUT2D eigenvalue weighted by molar-refractivity contribution is 5.84. The molecule has 0 amide bonds. The molecule has 7 heteroatoms. The zero-order valence-corrected chi connectivity index (χ0v) is 10.2. The normalized spacial score (nSPS) is 20.3. The summed E-state index contributed by atoms with van der Waals surface area (Å²) in [5.41, 5.74) is 7.21. The van der Waals surface area contributed by atoms with Crippen LogP contribution in [0.2, 0.25) is 0 Å². The molecule has 18 heavy (non-hydrogen) atoms. The van der Waals surface area contributed by atoms with Crippen molar-refractivity contribution in [2.75, 3.05) is 30.3 Å². The molecule has 3 N–H and O–H groups in total. The lowest BCUT2D eigenvalue weighted by Crippen LogP contribution is -2.49. The molecule has 1 aliphatic rings. The Bertz CT molecular complexity index is 570. The number of anilines is 2. The van der Waals surface area contributed by atoms with Gasteiger partial charge in [0.05, 0.1) is 6.20 Å². The van der Waals surface area contributed by atoms with Gasteiger partial charge in [0.15, 0.2) is 5.82 Å². The number of piperazine rings is 1. The summed E-state index contributed by atoms with van der Waals surface area (Å²) in [6.45, 7) is 4.81. The first-order valence-corrected chi connectivity index (χ1v) is 5.95. The van der Waals surface area contributed by atoms with E-state index >= 15 is 0 Å². The van der Waals surface area contributed by atoms with E-state index in [9.17, 15) is 0 Å². The maximum Gasteiger partial charge on any atom is 0.228 e. The molecule has 1 saturated heterocycles. The number of nitrogens with two attached hydrogens (primary N) is 1. The molecule has 3 rings (SSSR count). The highest BCUT2D eigenvalue weighted by Gasteiger charge is 2.19. The third kappa shape index (κ3) is 1.92. The van der Waals surface area contributed by atoms with Crippen LogP contribution in [0.4, 0.5) is 11.8 Å². The monoisotopic (exact) mass is 245 g/mol. The predicted octanol–water partition coefficient (Wildman–Crippen LogP) is -0.200. The second kappa shape index (κ2) is 4.34. The van der Waals surface area contributed by atoms with Gasteiger partial charge >= 0.3 is 0 Å². The molecule has 3 heterocycles. The van der Waals surface area contributed by atoms with Crippen LogP contribution >= 0.6 is 0 Å². The molecule has 0 spiro atoms. The number of nitrogen functional groups attached to an aromatic ring is 1. The maximum absolute atomic E-state index is 5.91. The molecule has 0 aromatic carbocycles. The largest absolute Gasteiger partial charge is 0.382 e. The van der Waals surface area contributed by atoms with Crippen LogP contribution in [0, 0.1) is 0 Å². The van der Waals surface area contributed by atoms with E-state index in [0.29, 0.717) is 28.8 Å². The first kappa shape index (κ1) is 11.1. The summed E-state index contributed by atoms with van der Waals surface area (Å²) in [7, 11) is 0. The van der Waals surface area contributed by atoms with Crippen molar-refractivity contribution in [3.8, 4) is 0 Å². The number of aromatic nitrogens is 4. The van der Waals surface area contributed by atoms with E-state index in [0.717, 1.165) is 19.6 Å². The molecule has 0 saturated carbocycles. The predicted molar refractivity (Wildman–Crippen MR) is 69.2 cm³/mol. The van der Waals surface area contributed by atoms with Crippen LogP contribution in [-0.2, 0) is 0 Å². The van der Waals surface area contributed by atoms with E-state index in [1.54, 1.807) is 6.20 Å². The molecule has 0 unspecified atom stereocenters. The molecule has 2 aromatic rings. The lowest BCUT2D eigenvalue weighted by Gasteiger charge is -2.31. The average Bonchev–Trinajstić information content (AvgIpc) is 2.39. The smallest absolute Gasteiger partial charge is 0.228 e. The van der Waals surface area contributed by atoms with Crippen molar-refractivity contribution in [1.82, 2.24) is 25.3 Å². The number of rotatable bonds is 1. The molecule has 0 radical (unpaired) electrons. The summed E-state index contributed by atoms with van der Waals surface area (Å²) in [6.07, 6.45) is 3.12. The zero-order valence-electron chi connectivity index (χ0n) is 10.2. The van der Waals surface area contributed by atoms with Crippen LogP contribution in [0.5, 0.6) is 0 Å². The Morgan fingerprint density at radius 1 is 1.44 bits per heavy atom. The van der Waals surface area contributed by atoms with E-state index in [-0.39, 0.29) is 0 Å². The van der Waals surface area contributed by atoms with E-state index in [1.165, 1.54) is 6.33 Å². The highest BCUT2D eigenvalue weighted by atomic mass is 15.3. The first-order chi connectivity index (χ1) is 8.74. The highest BCUT2D eigenvalue weighted by Crippen LogP contribution is 2.19. The molecule has 1 aliphatic heterocycles. The van der Waals surface area contributed by atoms with Gasteiger partial charge in [0, 0.05) is 25.7 Å². The molecule has 1 fully saturated rings. The van der Waals surface area contributed by atoms with Crippen LogP contribution in [0.1, 0.15) is 6.92 Å². The lowest BCUT2D eigenvalue weighted by atomic mass is 10.2. The van der Waals surface area contributed by atoms with E-state index in [4.69, 9.17) is 5.73 Å². The van der Waals surface area contributed by atoms with Crippen LogP contribution in [0.3, 0.4) is 0 Å². The SMILES string of the molecule is C[C@@H]1CN(c2nc(N)c3ncncc3n2)CCN1. The molecule has 1 atom stereocenters. The van der Waals surface area contributed by atoms with Crippen molar-refractivity contribution in [2.45, 2.75) is 13.0 Å². The molecule has 2 aromatic heterocycles. The third-order valence-electron chi connectivity index (χ3n) is 3.03. The molecule has 7 nitrogen and oxygen atoms in total. The summed E-state index contributed by atoms with van der Waals surface area (Å²) < 4.78 is 0. The Morgan fingerprint density at radius 2 is 2.33 bits per heavy atom. The summed E-state index contributed by atoms with van der Waals surface area (Å²) in [5, 5.41) is 3.38. The lowest BCUT2D eigenvalue weighted by molar-refractivity contribution is 0.480. The standard InChI is InChI=1S/C11H15N7/c1-7-5-18(3-2-14-7)11-16-8-4-13-6-15-9(8)10(12)17-11/h4,6-7,14H,2-3,5H2,1H3,(H2,12,16,17)/t7-/m1/s1. The minimum Gasteiger partial charge on any atom is -0.382 e. The molecule has 0 aliphatic carbocycles. The minimum atomic E-state index is 0.406. The number of fused-ring (bicyclic) bond motifs is 1. The Balaban J connectivity index is 2.02. The van der Waals surface area contributed by atoms with Gasteiger partial charge in [-0.1, -0.05) is 0 Å². The van der Waals surface area contributed by atoms with Crippen LogP contribution in [-0.4, -0.2) is 45.6 Å². The molecule has 94 valence electrons. The minimum absolute atomic E-state index is 0.406. The van der Waals surface area contributed by atoms with Gasteiger partial charge < -0.3 is 16.0 Å². The van der Waals surface area contributed by atoms with Gasteiger partial charge in [0.2, 0.25) is 5.95 Å². The van der Waals surface area contributed by atoms with Gasteiger partial charge in [0.25, 0.3) is 0 Å². The van der Waals surface area contributed by atoms with Gasteiger partial charge in [-0.2, -0.15) is 4.98 Å². The molecular weight excluding hydrogens is 230 g/mol. The fourth-order valence-electron chi connectivity index (χ4n) is 2.15.